The van der Waals surface area contributed by atoms with Crippen molar-refractivity contribution in [1.82, 2.24) is 4.57 Å². The number of amides is 3. The molecule has 2 N–H and O–H groups in total. The standard InChI is InChI=1S/C27H30N4O4/c1-16(2)26(33)29(4)23-11-8-19(14-17(23)3)30-13-12-21-22(25(28)32)15-31(24(21)27(30)34)18-6-9-20(35-5)10-7-18/h6-11,14-16H,12-13H2,1-5H3,(H2,28,32). The van der Waals surface area contributed by atoms with Crippen LogP contribution in [0.5, 0.6) is 5.75 Å². The number of nitrogens with zero attached hydrogens (tertiary/aromatic N) is 3. The number of methoxy groups -OCH3 is 1. The Labute approximate surface area is 204 Å². The molecule has 4 rings (SSSR count). The van der Waals surface area contributed by atoms with Crippen molar-refractivity contribution < 1.29 is 19.1 Å². The highest BCUT2D eigenvalue weighted by atomic mass is 16.5. The minimum Gasteiger partial charge on any atom is -0.497 e. The second kappa shape index (κ2) is 9.29. The van der Waals surface area contributed by atoms with Gasteiger partial charge in [-0.15, -0.1) is 0 Å². The first-order valence-corrected chi connectivity index (χ1v) is 11.5. The first kappa shape index (κ1) is 24.1. The Hall–Kier alpha value is -4.07. The maximum Gasteiger partial charge on any atom is 0.275 e. The van der Waals surface area contributed by atoms with Crippen molar-refractivity contribution in [3.63, 3.8) is 0 Å². The molecule has 2 aromatic carbocycles. The Bertz CT molecular complexity index is 1310. The van der Waals surface area contributed by atoms with Gasteiger partial charge in [0.2, 0.25) is 5.91 Å². The first-order valence-electron chi connectivity index (χ1n) is 11.5. The summed E-state index contributed by atoms with van der Waals surface area (Å²) in [6, 6.07) is 12.9. The second-order valence-corrected chi connectivity index (χ2v) is 9.03. The van der Waals surface area contributed by atoms with Gasteiger partial charge in [-0.05, 0) is 66.9 Å². The van der Waals surface area contributed by atoms with Gasteiger partial charge in [-0.3, -0.25) is 14.4 Å². The molecule has 1 aliphatic rings. The molecule has 182 valence electrons. The van der Waals surface area contributed by atoms with E-state index in [0.717, 1.165) is 22.6 Å². The predicted molar refractivity (Wildman–Crippen MR) is 136 cm³/mol. The largest absolute Gasteiger partial charge is 0.497 e. The molecule has 0 aliphatic carbocycles. The van der Waals surface area contributed by atoms with E-state index in [-0.39, 0.29) is 17.7 Å². The Kier molecular flexibility index (Phi) is 6.39. The Morgan fingerprint density at radius 2 is 1.74 bits per heavy atom. The van der Waals surface area contributed by atoms with Crippen LogP contribution in [0.25, 0.3) is 5.69 Å². The van der Waals surface area contributed by atoms with Crippen molar-refractivity contribution in [1.29, 1.82) is 0 Å². The Morgan fingerprint density at radius 1 is 1.09 bits per heavy atom. The van der Waals surface area contributed by atoms with Crippen molar-refractivity contribution in [2.24, 2.45) is 11.7 Å². The number of carbonyl (C=O) groups is 3. The molecule has 1 aromatic heterocycles. The van der Waals surface area contributed by atoms with Gasteiger partial charge in [-0.1, -0.05) is 13.8 Å². The van der Waals surface area contributed by atoms with Gasteiger partial charge < -0.3 is 24.8 Å². The highest BCUT2D eigenvalue weighted by molar-refractivity contribution is 6.10. The minimum absolute atomic E-state index is 0.0239. The highest BCUT2D eigenvalue weighted by Crippen LogP contribution is 2.33. The predicted octanol–water partition coefficient (Wildman–Crippen LogP) is 3.71. The summed E-state index contributed by atoms with van der Waals surface area (Å²) in [6.45, 7) is 6.07. The summed E-state index contributed by atoms with van der Waals surface area (Å²) in [5, 5.41) is 0. The summed E-state index contributed by atoms with van der Waals surface area (Å²) in [4.78, 5) is 41.7. The molecule has 0 bridgehead atoms. The Morgan fingerprint density at radius 3 is 2.31 bits per heavy atom. The molecule has 3 aromatic rings. The average molecular weight is 475 g/mol. The van der Waals surface area contributed by atoms with Crippen LogP contribution in [0.2, 0.25) is 0 Å². The van der Waals surface area contributed by atoms with Crippen LogP contribution in [0.15, 0.2) is 48.7 Å². The van der Waals surface area contributed by atoms with E-state index in [4.69, 9.17) is 10.5 Å². The van der Waals surface area contributed by atoms with Crippen LogP contribution in [0, 0.1) is 12.8 Å². The van der Waals surface area contributed by atoms with Gasteiger partial charge in [0.25, 0.3) is 11.8 Å². The number of benzene rings is 2. The average Bonchev–Trinajstić information content (AvgIpc) is 3.24. The maximum absolute atomic E-state index is 13.8. The van der Waals surface area contributed by atoms with Crippen molar-refractivity contribution in [3.8, 4) is 11.4 Å². The number of carbonyl (C=O) groups excluding carboxylic acids is 3. The van der Waals surface area contributed by atoms with Gasteiger partial charge in [-0.25, -0.2) is 0 Å². The maximum atomic E-state index is 13.8. The van der Waals surface area contributed by atoms with Crippen LogP contribution in [0.4, 0.5) is 11.4 Å². The smallest absolute Gasteiger partial charge is 0.275 e. The fraction of sp³-hybridized carbons (Fsp3) is 0.296. The summed E-state index contributed by atoms with van der Waals surface area (Å²) < 4.78 is 6.96. The van der Waals surface area contributed by atoms with Gasteiger partial charge >= 0.3 is 0 Å². The highest BCUT2D eigenvalue weighted by Gasteiger charge is 2.33. The van der Waals surface area contributed by atoms with E-state index in [1.807, 2.05) is 51.1 Å². The number of hydrogen-bond acceptors (Lipinski definition) is 4. The van der Waals surface area contributed by atoms with Crippen molar-refractivity contribution >= 4 is 29.1 Å². The molecule has 35 heavy (non-hydrogen) atoms. The van der Waals surface area contributed by atoms with Gasteiger partial charge in [0.1, 0.15) is 11.4 Å². The molecule has 0 saturated heterocycles. The molecule has 8 nitrogen and oxygen atoms in total. The molecular weight excluding hydrogens is 444 g/mol. The SMILES string of the molecule is COc1ccc(-n2cc(C(N)=O)c3c2C(=O)N(c2ccc(N(C)C(=O)C(C)C)c(C)c2)CC3)cc1. The number of primary amides is 1. The number of aryl methyl sites for hydroxylation is 1. The van der Waals surface area contributed by atoms with Crippen molar-refractivity contribution in [3.05, 3.63) is 71.0 Å². The van der Waals surface area contributed by atoms with E-state index in [1.54, 1.807) is 46.9 Å². The molecule has 3 amide bonds. The molecule has 1 aliphatic heterocycles. The summed E-state index contributed by atoms with van der Waals surface area (Å²) >= 11 is 0. The number of ether oxygens (including phenoxy) is 1. The lowest BCUT2D eigenvalue weighted by molar-refractivity contribution is -0.121. The summed E-state index contributed by atoms with van der Waals surface area (Å²) in [7, 11) is 3.35. The van der Waals surface area contributed by atoms with E-state index < -0.39 is 5.91 Å². The number of anilines is 2. The zero-order chi connectivity index (χ0) is 25.4. The van der Waals surface area contributed by atoms with Crippen LogP contribution in [0.1, 0.15) is 45.8 Å². The number of hydrogen-bond donors (Lipinski definition) is 1. The van der Waals surface area contributed by atoms with Crippen LogP contribution >= 0.6 is 0 Å². The van der Waals surface area contributed by atoms with Crippen molar-refractivity contribution in [2.45, 2.75) is 27.2 Å². The van der Waals surface area contributed by atoms with Crippen LogP contribution in [0.3, 0.4) is 0 Å². The monoisotopic (exact) mass is 474 g/mol. The van der Waals surface area contributed by atoms with Crippen LogP contribution in [-0.2, 0) is 11.2 Å². The first-order chi connectivity index (χ1) is 16.6. The van der Waals surface area contributed by atoms with E-state index in [1.165, 1.54) is 0 Å². The molecule has 0 fully saturated rings. The zero-order valence-electron chi connectivity index (χ0n) is 20.7. The molecule has 0 unspecified atom stereocenters. The Balaban J connectivity index is 1.73. The second-order valence-electron chi connectivity index (χ2n) is 9.03. The molecule has 8 heteroatoms. The van der Waals surface area contributed by atoms with E-state index in [0.29, 0.717) is 35.5 Å². The fourth-order valence-corrected chi connectivity index (χ4v) is 4.58. The third kappa shape index (κ3) is 4.27. The lowest BCUT2D eigenvalue weighted by Crippen LogP contribution is -2.39. The van der Waals surface area contributed by atoms with Crippen LogP contribution in [-0.4, -0.2) is 43.0 Å². The lowest BCUT2D eigenvalue weighted by Gasteiger charge is -2.30. The number of nitrogens with two attached hydrogens (primary N) is 1. The minimum atomic E-state index is -0.562. The summed E-state index contributed by atoms with van der Waals surface area (Å²) in [5.74, 6) is -0.183. The van der Waals surface area contributed by atoms with Crippen molar-refractivity contribution in [2.75, 3.05) is 30.5 Å². The summed E-state index contributed by atoms with van der Waals surface area (Å²) in [5.41, 5.74) is 10.2. The number of fused-ring (bicyclic) bond motifs is 1. The molecular formula is C27H30N4O4. The third-order valence-electron chi connectivity index (χ3n) is 6.44. The molecule has 2 heterocycles. The summed E-state index contributed by atoms with van der Waals surface area (Å²) in [6.07, 6.45) is 2.13. The normalized spacial score (nSPS) is 13.1. The fourth-order valence-electron chi connectivity index (χ4n) is 4.58. The van der Waals surface area contributed by atoms with E-state index >= 15 is 0 Å². The van der Waals surface area contributed by atoms with E-state index in [9.17, 15) is 14.4 Å². The van der Waals surface area contributed by atoms with Gasteiger partial charge in [-0.2, -0.15) is 0 Å². The molecule has 0 radical (unpaired) electrons. The number of rotatable bonds is 6. The third-order valence-corrected chi connectivity index (χ3v) is 6.44. The topological polar surface area (TPSA) is 97.9 Å². The molecule has 0 spiro atoms. The number of aromatic nitrogens is 1. The zero-order valence-corrected chi connectivity index (χ0v) is 20.7. The van der Waals surface area contributed by atoms with E-state index in [2.05, 4.69) is 0 Å². The van der Waals surface area contributed by atoms with Gasteiger partial charge in [0.05, 0.1) is 12.7 Å². The quantitative estimate of drug-likeness (QED) is 0.589. The molecule has 0 saturated carbocycles. The lowest BCUT2D eigenvalue weighted by atomic mass is 10.0. The van der Waals surface area contributed by atoms with Gasteiger partial charge in [0.15, 0.2) is 0 Å². The van der Waals surface area contributed by atoms with Crippen LogP contribution < -0.4 is 20.3 Å². The molecule has 0 atom stereocenters. The van der Waals surface area contributed by atoms with Gasteiger partial charge in [0, 0.05) is 42.8 Å².